The van der Waals surface area contributed by atoms with Crippen molar-refractivity contribution in [1.82, 2.24) is 19.5 Å². The van der Waals surface area contributed by atoms with Crippen LogP contribution >= 0.6 is 0 Å². The number of hydrogen-bond acceptors (Lipinski definition) is 4. The van der Waals surface area contributed by atoms with E-state index in [4.69, 9.17) is 0 Å². The van der Waals surface area contributed by atoms with Gasteiger partial charge in [-0.25, -0.2) is 0 Å². The maximum Gasteiger partial charge on any atom is 0.314 e. The number of carboxylic acid groups (broad SMARTS) is 1. The van der Waals surface area contributed by atoms with Gasteiger partial charge in [-0.15, -0.1) is 10.2 Å². The van der Waals surface area contributed by atoms with Crippen molar-refractivity contribution < 1.29 is 14.7 Å². The molecule has 7 heteroatoms. The van der Waals surface area contributed by atoms with Crippen LogP contribution in [0.5, 0.6) is 0 Å². The SMILES string of the molecule is O=C(c1ccc2nncn2c1)N1CCC(C(=O)O)(c2ccccc2)CC1. The van der Waals surface area contributed by atoms with Gasteiger partial charge in [0.05, 0.1) is 11.0 Å². The van der Waals surface area contributed by atoms with Crippen LogP contribution in [0.1, 0.15) is 28.8 Å². The van der Waals surface area contributed by atoms with E-state index < -0.39 is 11.4 Å². The Morgan fingerprint density at radius 1 is 1.04 bits per heavy atom. The fourth-order valence-corrected chi connectivity index (χ4v) is 3.61. The summed E-state index contributed by atoms with van der Waals surface area (Å²) >= 11 is 0. The molecule has 1 aromatic carbocycles. The van der Waals surface area contributed by atoms with Gasteiger partial charge >= 0.3 is 5.97 Å². The Hall–Kier alpha value is -3.22. The highest BCUT2D eigenvalue weighted by Crippen LogP contribution is 2.36. The highest BCUT2D eigenvalue weighted by Gasteiger charge is 2.43. The van der Waals surface area contributed by atoms with Crippen molar-refractivity contribution in [2.45, 2.75) is 18.3 Å². The van der Waals surface area contributed by atoms with Crippen LogP contribution in [0.25, 0.3) is 5.65 Å². The summed E-state index contributed by atoms with van der Waals surface area (Å²) in [4.78, 5) is 26.5. The lowest BCUT2D eigenvalue weighted by Gasteiger charge is -2.39. The number of aromatic nitrogens is 3. The van der Waals surface area contributed by atoms with Gasteiger partial charge in [0.25, 0.3) is 5.91 Å². The number of hydrogen-bond donors (Lipinski definition) is 1. The summed E-state index contributed by atoms with van der Waals surface area (Å²) in [6.07, 6.45) is 4.04. The highest BCUT2D eigenvalue weighted by molar-refractivity contribution is 5.94. The first-order valence-corrected chi connectivity index (χ1v) is 8.48. The van der Waals surface area contributed by atoms with Crippen LogP contribution in [0.2, 0.25) is 0 Å². The van der Waals surface area contributed by atoms with E-state index in [1.807, 2.05) is 30.3 Å². The number of piperidine rings is 1. The summed E-state index contributed by atoms with van der Waals surface area (Å²) < 4.78 is 1.70. The van der Waals surface area contributed by atoms with Crippen molar-refractivity contribution in [3.8, 4) is 0 Å². The second kappa shape index (κ2) is 6.25. The Morgan fingerprint density at radius 2 is 1.77 bits per heavy atom. The fourth-order valence-electron chi connectivity index (χ4n) is 3.61. The van der Waals surface area contributed by atoms with Crippen molar-refractivity contribution in [1.29, 1.82) is 0 Å². The van der Waals surface area contributed by atoms with E-state index in [1.54, 1.807) is 34.0 Å². The summed E-state index contributed by atoms with van der Waals surface area (Å²) in [6.45, 7) is 0.806. The molecule has 132 valence electrons. The molecular weight excluding hydrogens is 332 g/mol. The second-order valence-corrected chi connectivity index (χ2v) is 6.56. The number of benzene rings is 1. The molecule has 1 aliphatic heterocycles. The molecule has 1 N–H and O–H groups in total. The Morgan fingerprint density at radius 3 is 2.46 bits per heavy atom. The number of fused-ring (bicyclic) bond motifs is 1. The topological polar surface area (TPSA) is 87.8 Å². The fraction of sp³-hybridized carbons (Fsp3) is 0.263. The molecule has 7 nitrogen and oxygen atoms in total. The first-order valence-electron chi connectivity index (χ1n) is 8.48. The number of carbonyl (C=O) groups is 2. The quantitative estimate of drug-likeness (QED) is 0.780. The number of nitrogens with zero attached hydrogens (tertiary/aromatic N) is 4. The summed E-state index contributed by atoms with van der Waals surface area (Å²) in [5.74, 6) is -0.936. The molecule has 0 saturated carbocycles. The summed E-state index contributed by atoms with van der Waals surface area (Å²) in [5, 5.41) is 17.6. The number of carboxylic acids is 1. The average molecular weight is 350 g/mol. The minimum atomic E-state index is -0.934. The van der Waals surface area contributed by atoms with E-state index >= 15 is 0 Å². The Bertz CT molecular complexity index is 959. The second-order valence-electron chi connectivity index (χ2n) is 6.56. The minimum absolute atomic E-state index is 0.104. The summed E-state index contributed by atoms with van der Waals surface area (Å²) in [6, 6.07) is 12.8. The largest absolute Gasteiger partial charge is 0.481 e. The van der Waals surface area contributed by atoms with Gasteiger partial charge in [-0.2, -0.15) is 0 Å². The molecule has 2 aromatic heterocycles. The third-order valence-electron chi connectivity index (χ3n) is 5.18. The number of carbonyl (C=O) groups excluding carboxylic acids is 1. The lowest BCUT2D eigenvalue weighted by atomic mass is 9.73. The number of rotatable bonds is 3. The average Bonchev–Trinajstić information content (AvgIpc) is 3.16. The number of amides is 1. The normalized spacial score (nSPS) is 16.5. The van der Waals surface area contributed by atoms with Gasteiger partial charge in [-0.05, 0) is 30.5 Å². The maximum atomic E-state index is 12.8. The molecule has 0 radical (unpaired) electrons. The van der Waals surface area contributed by atoms with E-state index in [0.29, 0.717) is 37.1 Å². The zero-order valence-corrected chi connectivity index (χ0v) is 14.1. The first-order chi connectivity index (χ1) is 12.6. The molecule has 1 saturated heterocycles. The molecule has 0 bridgehead atoms. The Kier molecular flexibility index (Phi) is 3.91. The molecule has 4 rings (SSSR count). The van der Waals surface area contributed by atoms with Crippen molar-refractivity contribution in [2.75, 3.05) is 13.1 Å². The van der Waals surface area contributed by atoms with E-state index in [-0.39, 0.29) is 5.91 Å². The van der Waals surface area contributed by atoms with Gasteiger partial charge < -0.3 is 10.0 Å². The van der Waals surface area contributed by atoms with Crippen LogP contribution < -0.4 is 0 Å². The van der Waals surface area contributed by atoms with Crippen LogP contribution in [0.3, 0.4) is 0 Å². The molecule has 3 aromatic rings. The van der Waals surface area contributed by atoms with Gasteiger partial charge in [0.2, 0.25) is 0 Å². The molecule has 0 aliphatic carbocycles. The van der Waals surface area contributed by atoms with Gasteiger partial charge in [-0.1, -0.05) is 30.3 Å². The molecule has 0 unspecified atom stereocenters. The van der Waals surface area contributed by atoms with Gasteiger partial charge in [0.1, 0.15) is 6.33 Å². The molecule has 0 spiro atoms. The Balaban J connectivity index is 1.55. The first kappa shape index (κ1) is 16.3. The third-order valence-corrected chi connectivity index (χ3v) is 5.18. The van der Waals surface area contributed by atoms with Crippen LogP contribution in [-0.4, -0.2) is 49.6 Å². The molecule has 26 heavy (non-hydrogen) atoms. The predicted octanol–water partition coefficient (Wildman–Crippen LogP) is 1.99. The third kappa shape index (κ3) is 2.61. The molecule has 3 heterocycles. The molecular formula is C19H18N4O3. The van der Waals surface area contributed by atoms with Crippen LogP contribution in [-0.2, 0) is 10.2 Å². The lowest BCUT2D eigenvalue weighted by Crippen LogP contribution is -2.49. The number of pyridine rings is 1. The minimum Gasteiger partial charge on any atom is -0.481 e. The van der Waals surface area contributed by atoms with Crippen molar-refractivity contribution >= 4 is 17.5 Å². The Labute approximate surface area is 149 Å². The summed E-state index contributed by atoms with van der Waals surface area (Å²) in [7, 11) is 0. The van der Waals surface area contributed by atoms with Crippen molar-refractivity contribution in [3.05, 3.63) is 66.1 Å². The maximum absolute atomic E-state index is 12.8. The van der Waals surface area contributed by atoms with Gasteiger partial charge in [-0.3, -0.25) is 14.0 Å². The van der Waals surface area contributed by atoms with Crippen molar-refractivity contribution in [2.24, 2.45) is 0 Å². The zero-order chi connectivity index (χ0) is 18.1. The highest BCUT2D eigenvalue weighted by atomic mass is 16.4. The molecule has 1 aliphatic rings. The number of likely N-dealkylation sites (tertiary alicyclic amines) is 1. The van der Waals surface area contributed by atoms with Gasteiger partial charge in [0.15, 0.2) is 5.65 Å². The van der Waals surface area contributed by atoms with E-state index in [2.05, 4.69) is 10.2 Å². The standard InChI is InChI=1S/C19H18N4O3/c24-17(14-6-7-16-21-20-13-23(16)12-14)22-10-8-19(9-11-22,18(25)26)15-4-2-1-3-5-15/h1-7,12-13H,8-11H2,(H,25,26). The van der Waals surface area contributed by atoms with Crippen LogP contribution in [0.15, 0.2) is 55.0 Å². The monoisotopic (exact) mass is 350 g/mol. The smallest absolute Gasteiger partial charge is 0.314 e. The van der Waals surface area contributed by atoms with Gasteiger partial charge in [0, 0.05) is 19.3 Å². The lowest BCUT2D eigenvalue weighted by molar-refractivity contribution is -0.145. The van der Waals surface area contributed by atoms with E-state index in [0.717, 1.165) is 5.56 Å². The summed E-state index contributed by atoms with van der Waals surface area (Å²) in [5.41, 5.74) is 1.08. The number of aliphatic carboxylic acids is 1. The van der Waals surface area contributed by atoms with Crippen LogP contribution in [0.4, 0.5) is 0 Å². The predicted molar refractivity (Wildman–Crippen MR) is 93.9 cm³/mol. The molecule has 0 atom stereocenters. The zero-order valence-electron chi connectivity index (χ0n) is 14.1. The van der Waals surface area contributed by atoms with Crippen molar-refractivity contribution in [3.63, 3.8) is 0 Å². The van der Waals surface area contributed by atoms with E-state index in [1.165, 1.54) is 0 Å². The van der Waals surface area contributed by atoms with E-state index in [9.17, 15) is 14.7 Å². The van der Waals surface area contributed by atoms with Crippen LogP contribution in [0, 0.1) is 0 Å². The molecule has 1 fully saturated rings. The molecule has 1 amide bonds.